The number of aryl methyl sites for hydroxylation is 1. The van der Waals surface area contributed by atoms with Crippen molar-refractivity contribution in [3.8, 4) is 11.4 Å². The lowest BCUT2D eigenvalue weighted by molar-refractivity contribution is -0.134. The highest BCUT2D eigenvalue weighted by Crippen LogP contribution is 2.61. The summed E-state index contributed by atoms with van der Waals surface area (Å²) in [6.45, 7) is 0. The van der Waals surface area contributed by atoms with Gasteiger partial charge in [-0.2, -0.15) is 4.98 Å². The molecule has 0 atom stereocenters. The van der Waals surface area contributed by atoms with E-state index >= 15 is 0 Å². The van der Waals surface area contributed by atoms with Crippen LogP contribution < -0.4 is 10.9 Å². The molecule has 0 unspecified atom stereocenters. The quantitative estimate of drug-likeness (QED) is 0.714. The zero-order valence-electron chi connectivity index (χ0n) is 17.1. The van der Waals surface area contributed by atoms with Crippen molar-refractivity contribution in [3.63, 3.8) is 0 Å². The highest BCUT2D eigenvalue weighted by atomic mass is 16.5. The third-order valence-corrected chi connectivity index (χ3v) is 7.11. The van der Waals surface area contributed by atoms with Crippen molar-refractivity contribution in [2.24, 2.45) is 23.2 Å². The van der Waals surface area contributed by atoms with Crippen LogP contribution in [0, 0.1) is 23.2 Å². The van der Waals surface area contributed by atoms with Crippen LogP contribution in [0.4, 0.5) is 0 Å². The van der Waals surface area contributed by atoms with Crippen LogP contribution in [-0.2, 0) is 16.0 Å². The summed E-state index contributed by atoms with van der Waals surface area (Å²) in [6, 6.07) is 9.55. The van der Waals surface area contributed by atoms with E-state index in [1.807, 2.05) is 30.3 Å². The molecule has 2 N–H and O–H groups in total. The van der Waals surface area contributed by atoms with Gasteiger partial charge in [0, 0.05) is 24.8 Å². The molecule has 1 aromatic carbocycles. The SMILES string of the molecule is O=C(CCc1nc(-c2ccccc2)no1)NNC(=O)CC12CC3CC(CC(C3)C1)C2. The van der Waals surface area contributed by atoms with Gasteiger partial charge in [0.2, 0.25) is 23.5 Å². The molecule has 30 heavy (non-hydrogen) atoms. The molecule has 7 nitrogen and oxygen atoms in total. The molecule has 2 aromatic rings. The van der Waals surface area contributed by atoms with Crippen LogP contribution in [0.25, 0.3) is 11.4 Å². The molecule has 1 aromatic heterocycles. The van der Waals surface area contributed by atoms with Gasteiger partial charge in [-0.3, -0.25) is 20.4 Å². The van der Waals surface area contributed by atoms with Crippen LogP contribution in [0.5, 0.6) is 0 Å². The van der Waals surface area contributed by atoms with Gasteiger partial charge >= 0.3 is 0 Å². The Morgan fingerprint density at radius 2 is 1.60 bits per heavy atom. The summed E-state index contributed by atoms with van der Waals surface area (Å²) in [7, 11) is 0. The third-order valence-electron chi connectivity index (χ3n) is 7.11. The van der Waals surface area contributed by atoms with Gasteiger partial charge in [-0.05, 0) is 61.7 Å². The Kier molecular flexibility index (Phi) is 5.05. The predicted molar refractivity (Wildman–Crippen MR) is 110 cm³/mol. The zero-order valence-corrected chi connectivity index (χ0v) is 17.1. The second kappa shape index (κ2) is 7.85. The predicted octanol–water partition coefficient (Wildman–Crippen LogP) is 3.42. The van der Waals surface area contributed by atoms with E-state index in [4.69, 9.17) is 4.52 Å². The summed E-state index contributed by atoms with van der Waals surface area (Å²) in [4.78, 5) is 29.0. The third kappa shape index (κ3) is 4.11. The normalized spacial score (nSPS) is 29.0. The average molecular weight is 409 g/mol. The smallest absolute Gasteiger partial charge is 0.238 e. The van der Waals surface area contributed by atoms with Gasteiger partial charge in [0.1, 0.15) is 0 Å². The molecule has 4 bridgehead atoms. The first-order valence-corrected chi connectivity index (χ1v) is 11.0. The monoisotopic (exact) mass is 408 g/mol. The van der Waals surface area contributed by atoms with Crippen LogP contribution in [0.2, 0.25) is 0 Å². The van der Waals surface area contributed by atoms with Gasteiger partial charge in [-0.25, -0.2) is 0 Å². The number of hydrogen-bond acceptors (Lipinski definition) is 5. The fourth-order valence-electron chi connectivity index (χ4n) is 6.37. The van der Waals surface area contributed by atoms with Crippen molar-refractivity contribution in [3.05, 3.63) is 36.2 Å². The second-order valence-electron chi connectivity index (χ2n) is 9.57. The van der Waals surface area contributed by atoms with Crippen LogP contribution in [-0.4, -0.2) is 22.0 Å². The van der Waals surface area contributed by atoms with E-state index in [2.05, 4.69) is 21.0 Å². The number of rotatable bonds is 6. The summed E-state index contributed by atoms with van der Waals surface area (Å²) in [6.07, 6.45) is 8.66. The van der Waals surface area contributed by atoms with Gasteiger partial charge in [0.15, 0.2) is 0 Å². The first-order chi connectivity index (χ1) is 14.6. The van der Waals surface area contributed by atoms with E-state index < -0.39 is 0 Å². The molecule has 0 spiro atoms. The molecule has 4 aliphatic carbocycles. The largest absolute Gasteiger partial charge is 0.339 e. The number of amides is 2. The van der Waals surface area contributed by atoms with E-state index in [0.29, 0.717) is 24.6 Å². The molecule has 4 saturated carbocycles. The number of carbonyl (C=O) groups is 2. The van der Waals surface area contributed by atoms with Gasteiger partial charge in [-0.1, -0.05) is 35.5 Å². The van der Waals surface area contributed by atoms with Crippen molar-refractivity contribution in [1.29, 1.82) is 0 Å². The molecule has 0 radical (unpaired) electrons. The topological polar surface area (TPSA) is 97.1 Å². The molecule has 1 heterocycles. The van der Waals surface area contributed by atoms with Crippen molar-refractivity contribution >= 4 is 11.8 Å². The molecular weight excluding hydrogens is 380 g/mol. The fraction of sp³-hybridized carbons (Fsp3) is 0.565. The maximum Gasteiger partial charge on any atom is 0.238 e. The van der Waals surface area contributed by atoms with Gasteiger partial charge in [0.25, 0.3) is 0 Å². The minimum atomic E-state index is -0.256. The molecular formula is C23H28N4O3. The van der Waals surface area contributed by atoms with Crippen molar-refractivity contribution in [2.45, 2.75) is 57.8 Å². The molecule has 2 amide bonds. The van der Waals surface area contributed by atoms with E-state index in [9.17, 15) is 9.59 Å². The maximum atomic E-state index is 12.5. The first-order valence-electron chi connectivity index (χ1n) is 11.0. The molecule has 158 valence electrons. The second-order valence-corrected chi connectivity index (χ2v) is 9.57. The zero-order chi connectivity index (χ0) is 20.6. The number of aromatic nitrogens is 2. The number of hydrogen-bond donors (Lipinski definition) is 2. The lowest BCUT2D eigenvalue weighted by atomic mass is 9.49. The van der Waals surface area contributed by atoms with Crippen molar-refractivity contribution < 1.29 is 14.1 Å². The summed E-state index contributed by atoms with van der Waals surface area (Å²) < 4.78 is 5.23. The van der Waals surface area contributed by atoms with Crippen LogP contribution in [0.3, 0.4) is 0 Å². The summed E-state index contributed by atoms with van der Waals surface area (Å²) in [5, 5.41) is 3.95. The Bertz CT molecular complexity index is 888. The van der Waals surface area contributed by atoms with E-state index in [-0.39, 0.29) is 23.7 Å². The van der Waals surface area contributed by atoms with E-state index in [1.165, 1.54) is 38.5 Å². The Hall–Kier alpha value is -2.70. The molecule has 0 saturated heterocycles. The average Bonchev–Trinajstić information content (AvgIpc) is 3.19. The maximum absolute atomic E-state index is 12.5. The minimum absolute atomic E-state index is 0.0746. The molecule has 6 rings (SSSR count). The number of nitrogens with zero attached hydrogens (tertiary/aromatic N) is 2. The summed E-state index contributed by atoms with van der Waals surface area (Å²) >= 11 is 0. The standard InChI is InChI=1S/C23H28N4O3/c28-19(6-7-21-24-22(27-30-21)18-4-2-1-3-5-18)25-26-20(29)14-23-11-15-8-16(12-23)10-17(9-15)13-23/h1-5,15-17H,6-14H2,(H,25,28)(H,26,29). The van der Waals surface area contributed by atoms with Gasteiger partial charge < -0.3 is 4.52 Å². The molecule has 0 aliphatic heterocycles. The highest BCUT2D eigenvalue weighted by molar-refractivity contribution is 5.82. The first kappa shape index (κ1) is 19.3. The fourth-order valence-corrected chi connectivity index (χ4v) is 6.37. The molecule has 7 heteroatoms. The Balaban J connectivity index is 1.07. The lowest BCUT2D eigenvalue weighted by Crippen LogP contribution is -2.50. The Morgan fingerprint density at radius 1 is 0.967 bits per heavy atom. The van der Waals surface area contributed by atoms with Gasteiger partial charge in [0.05, 0.1) is 0 Å². The minimum Gasteiger partial charge on any atom is -0.339 e. The molecule has 4 aliphatic rings. The number of hydrazine groups is 1. The van der Waals surface area contributed by atoms with Crippen LogP contribution in [0.15, 0.2) is 34.9 Å². The highest BCUT2D eigenvalue weighted by Gasteiger charge is 2.51. The van der Waals surface area contributed by atoms with Crippen molar-refractivity contribution in [2.75, 3.05) is 0 Å². The summed E-state index contributed by atoms with van der Waals surface area (Å²) in [5.74, 6) is 3.03. The summed E-state index contributed by atoms with van der Waals surface area (Å²) in [5.41, 5.74) is 6.20. The van der Waals surface area contributed by atoms with E-state index in [1.54, 1.807) is 0 Å². The van der Waals surface area contributed by atoms with E-state index in [0.717, 1.165) is 23.3 Å². The van der Waals surface area contributed by atoms with Gasteiger partial charge in [-0.15, -0.1) is 0 Å². The number of carbonyl (C=O) groups excluding carboxylic acids is 2. The van der Waals surface area contributed by atoms with Crippen LogP contribution >= 0.6 is 0 Å². The van der Waals surface area contributed by atoms with Crippen LogP contribution in [0.1, 0.15) is 57.3 Å². The molecule has 4 fully saturated rings. The van der Waals surface area contributed by atoms with Crippen molar-refractivity contribution in [1.82, 2.24) is 21.0 Å². The Morgan fingerprint density at radius 3 is 2.27 bits per heavy atom. The lowest BCUT2D eigenvalue weighted by Gasteiger charge is -2.56. The Labute approximate surface area is 176 Å². The number of benzene rings is 1. The number of nitrogens with one attached hydrogen (secondary N) is 2.